The number of hydrogen-bond donors (Lipinski definition) is 1. The van der Waals surface area contributed by atoms with E-state index in [2.05, 4.69) is 18.7 Å². The van der Waals surface area contributed by atoms with Crippen molar-refractivity contribution in [2.75, 3.05) is 19.6 Å². The van der Waals surface area contributed by atoms with E-state index in [9.17, 15) is 0 Å². The van der Waals surface area contributed by atoms with Gasteiger partial charge >= 0.3 is 0 Å². The molecule has 1 aliphatic rings. The monoisotopic (exact) mass is 170 g/mol. The zero-order valence-electron chi connectivity index (χ0n) is 8.42. The van der Waals surface area contributed by atoms with Crippen molar-refractivity contribution in [1.29, 1.82) is 0 Å². The average molecular weight is 170 g/mol. The molecule has 1 saturated heterocycles. The predicted molar refractivity (Wildman–Crippen MR) is 53.1 cm³/mol. The van der Waals surface area contributed by atoms with E-state index in [1.807, 2.05) is 0 Å². The molecule has 0 bridgehead atoms. The fraction of sp³-hybridized carbons (Fsp3) is 1.00. The first-order valence-electron chi connectivity index (χ1n) is 5.22. The van der Waals surface area contributed by atoms with Gasteiger partial charge in [0.2, 0.25) is 0 Å². The zero-order chi connectivity index (χ0) is 8.97. The van der Waals surface area contributed by atoms with Crippen LogP contribution < -0.4 is 5.73 Å². The second-order valence-electron chi connectivity index (χ2n) is 4.00. The molecule has 0 aliphatic carbocycles. The van der Waals surface area contributed by atoms with Crippen molar-refractivity contribution in [1.82, 2.24) is 4.90 Å². The van der Waals surface area contributed by atoms with Gasteiger partial charge in [-0.05, 0) is 44.8 Å². The maximum atomic E-state index is 5.62. The third kappa shape index (κ3) is 2.46. The number of hydrogen-bond acceptors (Lipinski definition) is 2. The number of nitrogens with zero attached hydrogens (tertiary/aromatic N) is 1. The SMILES string of the molecule is CCN1CCCC1CC(C)CN. The number of rotatable bonds is 4. The van der Waals surface area contributed by atoms with E-state index in [1.165, 1.54) is 32.4 Å². The molecule has 2 N–H and O–H groups in total. The van der Waals surface area contributed by atoms with Gasteiger partial charge < -0.3 is 10.6 Å². The Morgan fingerprint density at radius 2 is 2.33 bits per heavy atom. The Labute approximate surface area is 76.1 Å². The Bertz CT molecular complexity index is 125. The van der Waals surface area contributed by atoms with Crippen LogP contribution in [0.5, 0.6) is 0 Å². The number of nitrogens with two attached hydrogens (primary N) is 1. The minimum Gasteiger partial charge on any atom is -0.330 e. The lowest BCUT2D eigenvalue weighted by molar-refractivity contribution is 0.234. The van der Waals surface area contributed by atoms with Crippen LogP contribution in [0.2, 0.25) is 0 Å². The second kappa shape index (κ2) is 4.83. The van der Waals surface area contributed by atoms with Gasteiger partial charge in [-0.1, -0.05) is 13.8 Å². The van der Waals surface area contributed by atoms with Crippen LogP contribution in [0, 0.1) is 5.92 Å². The van der Waals surface area contributed by atoms with Crippen LogP contribution in [0.1, 0.15) is 33.1 Å². The van der Waals surface area contributed by atoms with Crippen LogP contribution in [0.25, 0.3) is 0 Å². The van der Waals surface area contributed by atoms with Crippen molar-refractivity contribution in [3.63, 3.8) is 0 Å². The summed E-state index contributed by atoms with van der Waals surface area (Å²) in [6.45, 7) is 7.87. The van der Waals surface area contributed by atoms with Crippen molar-refractivity contribution in [2.45, 2.75) is 39.2 Å². The Hall–Kier alpha value is -0.0800. The molecule has 2 atom stereocenters. The molecule has 0 spiro atoms. The summed E-state index contributed by atoms with van der Waals surface area (Å²) in [5.74, 6) is 0.696. The highest BCUT2D eigenvalue weighted by Gasteiger charge is 2.23. The van der Waals surface area contributed by atoms with E-state index in [1.54, 1.807) is 0 Å². The zero-order valence-corrected chi connectivity index (χ0v) is 8.42. The van der Waals surface area contributed by atoms with Gasteiger partial charge in [-0.15, -0.1) is 0 Å². The quantitative estimate of drug-likeness (QED) is 0.692. The lowest BCUT2D eigenvalue weighted by Crippen LogP contribution is -2.31. The molecule has 2 nitrogen and oxygen atoms in total. The summed E-state index contributed by atoms with van der Waals surface area (Å²) in [6, 6.07) is 0.827. The fourth-order valence-electron chi connectivity index (χ4n) is 2.14. The summed E-state index contributed by atoms with van der Waals surface area (Å²) in [5, 5.41) is 0. The molecule has 2 unspecified atom stereocenters. The van der Waals surface area contributed by atoms with Crippen molar-refractivity contribution in [3.05, 3.63) is 0 Å². The van der Waals surface area contributed by atoms with E-state index >= 15 is 0 Å². The van der Waals surface area contributed by atoms with Crippen LogP contribution in [-0.2, 0) is 0 Å². The highest BCUT2D eigenvalue weighted by Crippen LogP contribution is 2.22. The van der Waals surface area contributed by atoms with Gasteiger partial charge in [0.1, 0.15) is 0 Å². The highest BCUT2D eigenvalue weighted by molar-refractivity contribution is 4.79. The van der Waals surface area contributed by atoms with Gasteiger partial charge in [0.25, 0.3) is 0 Å². The van der Waals surface area contributed by atoms with Gasteiger partial charge in [0, 0.05) is 6.04 Å². The van der Waals surface area contributed by atoms with Crippen LogP contribution >= 0.6 is 0 Å². The molecule has 72 valence electrons. The summed E-state index contributed by atoms with van der Waals surface area (Å²) >= 11 is 0. The summed E-state index contributed by atoms with van der Waals surface area (Å²) in [7, 11) is 0. The molecular weight excluding hydrogens is 148 g/mol. The standard InChI is InChI=1S/C10H22N2/c1-3-12-6-4-5-10(12)7-9(2)8-11/h9-10H,3-8,11H2,1-2H3. The first-order valence-corrected chi connectivity index (χ1v) is 5.22. The van der Waals surface area contributed by atoms with E-state index < -0.39 is 0 Å². The summed E-state index contributed by atoms with van der Waals surface area (Å²) in [6.07, 6.45) is 4.07. The molecule has 0 radical (unpaired) electrons. The molecule has 2 heteroatoms. The summed E-state index contributed by atoms with van der Waals surface area (Å²) < 4.78 is 0. The van der Waals surface area contributed by atoms with Crippen LogP contribution in [-0.4, -0.2) is 30.6 Å². The molecule has 0 aromatic rings. The van der Waals surface area contributed by atoms with Gasteiger partial charge in [-0.3, -0.25) is 0 Å². The van der Waals surface area contributed by atoms with E-state index in [4.69, 9.17) is 5.73 Å². The topological polar surface area (TPSA) is 29.3 Å². The molecule has 12 heavy (non-hydrogen) atoms. The molecule has 0 aromatic heterocycles. The molecule has 0 amide bonds. The van der Waals surface area contributed by atoms with Crippen molar-refractivity contribution >= 4 is 0 Å². The molecule has 1 fully saturated rings. The average Bonchev–Trinajstić information content (AvgIpc) is 2.51. The third-order valence-corrected chi connectivity index (χ3v) is 2.98. The minimum atomic E-state index is 0.696. The lowest BCUT2D eigenvalue weighted by atomic mass is 10.0. The molecule has 0 saturated carbocycles. The molecule has 1 rings (SSSR count). The summed E-state index contributed by atoms with van der Waals surface area (Å²) in [5.41, 5.74) is 5.62. The fourth-order valence-corrected chi connectivity index (χ4v) is 2.14. The largest absolute Gasteiger partial charge is 0.330 e. The molecule has 0 aromatic carbocycles. The Kier molecular flexibility index (Phi) is 4.02. The van der Waals surface area contributed by atoms with Crippen molar-refractivity contribution in [3.8, 4) is 0 Å². The summed E-state index contributed by atoms with van der Waals surface area (Å²) in [4.78, 5) is 2.59. The third-order valence-electron chi connectivity index (χ3n) is 2.98. The van der Waals surface area contributed by atoms with Crippen LogP contribution in [0.4, 0.5) is 0 Å². The first-order chi connectivity index (χ1) is 5.77. The van der Waals surface area contributed by atoms with E-state index in [0.29, 0.717) is 5.92 Å². The maximum Gasteiger partial charge on any atom is 0.00986 e. The van der Waals surface area contributed by atoms with Crippen molar-refractivity contribution < 1.29 is 0 Å². The first kappa shape index (κ1) is 10.0. The Morgan fingerprint density at radius 3 is 2.92 bits per heavy atom. The smallest absolute Gasteiger partial charge is 0.00986 e. The molecule has 1 aliphatic heterocycles. The van der Waals surface area contributed by atoms with E-state index in [0.717, 1.165) is 12.6 Å². The number of likely N-dealkylation sites (tertiary alicyclic amines) is 1. The molecular formula is C10H22N2. The second-order valence-corrected chi connectivity index (χ2v) is 4.00. The Balaban J connectivity index is 2.30. The van der Waals surface area contributed by atoms with E-state index in [-0.39, 0.29) is 0 Å². The molecule has 1 heterocycles. The lowest BCUT2D eigenvalue weighted by Gasteiger charge is -2.24. The highest BCUT2D eigenvalue weighted by atomic mass is 15.2. The van der Waals surface area contributed by atoms with Crippen LogP contribution in [0.3, 0.4) is 0 Å². The van der Waals surface area contributed by atoms with Crippen molar-refractivity contribution in [2.24, 2.45) is 11.7 Å². The predicted octanol–water partition coefficient (Wildman–Crippen LogP) is 1.46. The minimum absolute atomic E-state index is 0.696. The van der Waals surface area contributed by atoms with Gasteiger partial charge in [-0.25, -0.2) is 0 Å². The van der Waals surface area contributed by atoms with Gasteiger partial charge in [-0.2, -0.15) is 0 Å². The van der Waals surface area contributed by atoms with Gasteiger partial charge in [0.05, 0.1) is 0 Å². The van der Waals surface area contributed by atoms with Gasteiger partial charge in [0.15, 0.2) is 0 Å². The Morgan fingerprint density at radius 1 is 1.58 bits per heavy atom. The maximum absolute atomic E-state index is 5.62. The van der Waals surface area contributed by atoms with Crippen LogP contribution in [0.15, 0.2) is 0 Å². The normalized spacial score (nSPS) is 27.8.